The Morgan fingerprint density at radius 1 is 1.38 bits per heavy atom. The lowest BCUT2D eigenvalue weighted by molar-refractivity contribution is -0.140. The molecule has 6 atom stereocenters. The summed E-state index contributed by atoms with van der Waals surface area (Å²) < 4.78 is 0. The van der Waals surface area contributed by atoms with Gasteiger partial charge < -0.3 is 5.11 Å². The number of nitriles is 1. The van der Waals surface area contributed by atoms with Crippen LogP contribution in [0.1, 0.15) is 71.1 Å². The third-order valence-corrected chi connectivity index (χ3v) is 7.70. The molecule has 0 aromatic heterocycles. The van der Waals surface area contributed by atoms with E-state index in [1.165, 1.54) is 31.3 Å². The number of fused-ring (bicyclic) bond motifs is 3. The monoisotopic (exact) mass is 329 g/mol. The van der Waals surface area contributed by atoms with Crippen molar-refractivity contribution in [3.63, 3.8) is 0 Å². The Balaban J connectivity index is 1.75. The van der Waals surface area contributed by atoms with Crippen molar-refractivity contribution in [3.05, 3.63) is 12.2 Å². The number of rotatable bonds is 4. The molecule has 0 amide bonds. The molecular formula is C21H31NO2. The van der Waals surface area contributed by atoms with Crippen LogP contribution in [0.3, 0.4) is 0 Å². The molecule has 24 heavy (non-hydrogen) atoms. The smallest absolute Gasteiger partial charge is 0.303 e. The molecule has 0 aliphatic heterocycles. The van der Waals surface area contributed by atoms with Crippen molar-refractivity contribution in [2.75, 3.05) is 0 Å². The first-order valence-corrected chi connectivity index (χ1v) is 9.72. The molecule has 132 valence electrons. The molecule has 3 heteroatoms. The molecule has 0 unspecified atom stereocenters. The highest BCUT2D eigenvalue weighted by Crippen LogP contribution is 2.62. The highest BCUT2D eigenvalue weighted by atomic mass is 16.4. The molecule has 3 aliphatic rings. The zero-order valence-electron chi connectivity index (χ0n) is 15.0. The molecule has 0 saturated heterocycles. The Morgan fingerprint density at radius 2 is 2.17 bits per heavy atom. The van der Waals surface area contributed by atoms with E-state index in [2.05, 4.69) is 19.6 Å². The molecule has 3 aliphatic carbocycles. The van der Waals surface area contributed by atoms with E-state index >= 15 is 0 Å². The minimum Gasteiger partial charge on any atom is -0.481 e. The fraction of sp³-hybridized carbons (Fsp3) is 0.810. The lowest BCUT2D eigenvalue weighted by atomic mass is 9.46. The van der Waals surface area contributed by atoms with Gasteiger partial charge >= 0.3 is 5.97 Å². The predicted octanol–water partition coefficient (Wildman–Crippen LogP) is 5.18. The lowest BCUT2D eigenvalue weighted by Crippen LogP contribution is -2.50. The standard InChI is InChI=1S/C21H31NO2/c1-14-5-8-19-18(17(14)4-3-11-22)7-6-16-12-15(13-20(23)24)9-10-21(16,19)2/h15-19H,1,3-10,12-13H2,2H3,(H,23,24)/t15-,16-,17-,18+,19+,21+/m1/s1. The fourth-order valence-electron chi connectivity index (χ4n) is 6.45. The van der Waals surface area contributed by atoms with Crippen molar-refractivity contribution < 1.29 is 9.90 Å². The van der Waals surface area contributed by atoms with Gasteiger partial charge in [0.15, 0.2) is 0 Å². The van der Waals surface area contributed by atoms with Crippen LogP contribution in [0.15, 0.2) is 12.2 Å². The number of carboxylic acid groups (broad SMARTS) is 1. The quantitative estimate of drug-likeness (QED) is 0.723. The summed E-state index contributed by atoms with van der Waals surface area (Å²) in [5.74, 6) is 2.43. The highest BCUT2D eigenvalue weighted by Gasteiger charge is 2.53. The molecule has 3 fully saturated rings. The van der Waals surface area contributed by atoms with Crippen molar-refractivity contribution in [3.8, 4) is 6.07 Å². The maximum Gasteiger partial charge on any atom is 0.303 e. The second-order valence-corrected chi connectivity index (χ2v) is 8.79. The third kappa shape index (κ3) is 3.13. The molecule has 0 spiro atoms. The minimum atomic E-state index is -0.636. The highest BCUT2D eigenvalue weighted by molar-refractivity contribution is 5.67. The van der Waals surface area contributed by atoms with E-state index in [0.717, 1.165) is 31.6 Å². The van der Waals surface area contributed by atoms with Crippen LogP contribution in [0.25, 0.3) is 0 Å². The Kier molecular flexibility index (Phi) is 5.04. The molecular weight excluding hydrogens is 298 g/mol. The number of nitrogens with zero attached hydrogens (tertiary/aromatic N) is 1. The van der Waals surface area contributed by atoms with Gasteiger partial charge in [-0.3, -0.25) is 4.79 Å². The molecule has 0 aromatic rings. The molecule has 0 aromatic carbocycles. The average molecular weight is 329 g/mol. The molecule has 0 heterocycles. The molecule has 1 N–H and O–H groups in total. The zero-order chi connectivity index (χ0) is 17.3. The second kappa shape index (κ2) is 6.90. The van der Waals surface area contributed by atoms with E-state index in [9.17, 15) is 4.79 Å². The summed E-state index contributed by atoms with van der Waals surface area (Å²) in [6, 6.07) is 2.32. The number of aliphatic carboxylic acids is 1. The van der Waals surface area contributed by atoms with Gasteiger partial charge in [-0.25, -0.2) is 0 Å². The lowest BCUT2D eigenvalue weighted by Gasteiger charge is -2.58. The number of carbonyl (C=O) groups is 1. The van der Waals surface area contributed by atoms with E-state index in [1.807, 2.05) is 0 Å². The Labute approximate surface area is 146 Å². The van der Waals surface area contributed by atoms with Crippen LogP contribution in [0.5, 0.6) is 0 Å². The number of allylic oxidation sites excluding steroid dienone is 1. The summed E-state index contributed by atoms with van der Waals surface area (Å²) >= 11 is 0. The molecule has 3 rings (SSSR count). The van der Waals surface area contributed by atoms with Crippen LogP contribution in [0.2, 0.25) is 0 Å². The molecule has 0 bridgehead atoms. The number of hydrogen-bond donors (Lipinski definition) is 1. The largest absolute Gasteiger partial charge is 0.481 e. The first-order valence-electron chi connectivity index (χ1n) is 9.72. The van der Waals surface area contributed by atoms with E-state index in [4.69, 9.17) is 10.4 Å². The predicted molar refractivity (Wildman–Crippen MR) is 94.1 cm³/mol. The van der Waals surface area contributed by atoms with Crippen LogP contribution in [-0.2, 0) is 4.79 Å². The summed E-state index contributed by atoms with van der Waals surface area (Å²) in [4.78, 5) is 11.1. The van der Waals surface area contributed by atoms with Gasteiger partial charge in [-0.15, -0.1) is 0 Å². The van der Waals surface area contributed by atoms with Crippen molar-refractivity contribution in [1.82, 2.24) is 0 Å². The summed E-state index contributed by atoms with van der Waals surface area (Å²) in [7, 11) is 0. The first kappa shape index (κ1) is 17.5. The van der Waals surface area contributed by atoms with E-state index in [0.29, 0.717) is 41.9 Å². The van der Waals surface area contributed by atoms with E-state index in [-0.39, 0.29) is 0 Å². The third-order valence-electron chi connectivity index (χ3n) is 7.70. The summed E-state index contributed by atoms with van der Waals surface area (Å²) in [6.45, 7) is 6.82. The topological polar surface area (TPSA) is 61.1 Å². The van der Waals surface area contributed by atoms with Gasteiger partial charge in [0.2, 0.25) is 0 Å². The maximum absolute atomic E-state index is 11.1. The Morgan fingerprint density at radius 3 is 2.88 bits per heavy atom. The van der Waals surface area contributed by atoms with Crippen molar-refractivity contribution in [2.24, 2.45) is 35.0 Å². The van der Waals surface area contributed by atoms with Gasteiger partial charge in [0.1, 0.15) is 0 Å². The van der Waals surface area contributed by atoms with Gasteiger partial charge in [-0.05, 0) is 86.4 Å². The van der Waals surface area contributed by atoms with Gasteiger partial charge in [0.05, 0.1) is 6.07 Å². The minimum absolute atomic E-state index is 0.349. The van der Waals surface area contributed by atoms with Crippen LogP contribution in [0, 0.1) is 46.3 Å². The Hall–Kier alpha value is -1.30. The normalized spacial score (nSPS) is 41.8. The van der Waals surface area contributed by atoms with Gasteiger partial charge in [-0.2, -0.15) is 5.26 Å². The van der Waals surface area contributed by atoms with Crippen molar-refractivity contribution >= 4 is 5.97 Å². The van der Waals surface area contributed by atoms with Gasteiger partial charge in [0.25, 0.3) is 0 Å². The average Bonchev–Trinajstić information content (AvgIpc) is 2.53. The van der Waals surface area contributed by atoms with Crippen LogP contribution >= 0.6 is 0 Å². The van der Waals surface area contributed by atoms with E-state index < -0.39 is 5.97 Å². The first-order chi connectivity index (χ1) is 11.5. The summed E-state index contributed by atoms with van der Waals surface area (Å²) in [5.41, 5.74) is 1.76. The van der Waals surface area contributed by atoms with Crippen LogP contribution in [0.4, 0.5) is 0 Å². The molecule has 3 nitrogen and oxygen atoms in total. The maximum atomic E-state index is 11.1. The van der Waals surface area contributed by atoms with Crippen molar-refractivity contribution in [2.45, 2.75) is 71.1 Å². The van der Waals surface area contributed by atoms with Gasteiger partial charge in [0, 0.05) is 12.8 Å². The fourth-order valence-corrected chi connectivity index (χ4v) is 6.45. The molecule has 0 radical (unpaired) electrons. The van der Waals surface area contributed by atoms with Crippen LogP contribution < -0.4 is 0 Å². The van der Waals surface area contributed by atoms with E-state index in [1.54, 1.807) is 0 Å². The van der Waals surface area contributed by atoms with Crippen LogP contribution in [-0.4, -0.2) is 11.1 Å². The molecule has 3 saturated carbocycles. The number of hydrogen-bond acceptors (Lipinski definition) is 2. The van der Waals surface area contributed by atoms with Gasteiger partial charge in [-0.1, -0.05) is 19.1 Å². The zero-order valence-corrected chi connectivity index (χ0v) is 15.0. The summed E-state index contributed by atoms with van der Waals surface area (Å²) in [6.07, 6.45) is 10.2. The summed E-state index contributed by atoms with van der Waals surface area (Å²) in [5, 5.41) is 18.1. The second-order valence-electron chi connectivity index (χ2n) is 8.79. The van der Waals surface area contributed by atoms with Crippen molar-refractivity contribution in [1.29, 1.82) is 5.26 Å². The number of carboxylic acids is 1. The SMILES string of the molecule is C=C1CC[C@H]2[C@@H](CC[C@@H]3C[C@H](CC(=O)O)CC[C@@]32C)[C@@H]1CCC#N. The Bertz CT molecular complexity index is 549.